The van der Waals surface area contributed by atoms with Crippen molar-refractivity contribution < 1.29 is 36.2 Å². The van der Waals surface area contributed by atoms with E-state index in [2.05, 4.69) is 4.72 Å². The van der Waals surface area contributed by atoms with E-state index in [0.29, 0.717) is 0 Å². The zero-order chi connectivity index (χ0) is 20.2. The highest BCUT2D eigenvalue weighted by Gasteiger charge is 2.28. The third kappa shape index (κ3) is 5.51. The molecule has 0 unspecified atom stereocenters. The second-order valence-corrected chi connectivity index (χ2v) is 7.00. The van der Waals surface area contributed by atoms with Crippen LogP contribution in [-0.2, 0) is 10.0 Å². The normalized spacial score (nSPS) is 11.7. The van der Waals surface area contributed by atoms with E-state index in [1.54, 1.807) is 5.32 Å². The summed E-state index contributed by atoms with van der Waals surface area (Å²) in [5.74, 6) is -1.09. The number of halogens is 3. The van der Waals surface area contributed by atoms with Crippen molar-refractivity contribution in [1.82, 2.24) is 5.32 Å². The maximum atomic E-state index is 12.3. The van der Waals surface area contributed by atoms with E-state index < -0.39 is 28.7 Å². The number of carbonyl (C=O) groups is 1. The molecule has 0 spiro atoms. The Morgan fingerprint density at radius 1 is 1.15 bits per heavy atom. The molecule has 0 aliphatic carbocycles. The summed E-state index contributed by atoms with van der Waals surface area (Å²) in [4.78, 5) is 11.4. The predicted octanol–water partition coefficient (Wildman–Crippen LogP) is 2.49. The molecule has 0 heterocycles. The Morgan fingerprint density at radius 3 is 2.30 bits per heavy atom. The van der Waals surface area contributed by atoms with Gasteiger partial charge in [0.25, 0.3) is 15.9 Å². The summed E-state index contributed by atoms with van der Waals surface area (Å²) >= 11 is 0. The number of phenolic OH excluding ortho intramolecular Hbond substituents is 1. The molecule has 146 valence electrons. The average Bonchev–Trinajstić information content (AvgIpc) is 2.59. The number of methoxy groups -OCH3 is 1. The monoisotopic (exact) mass is 404 g/mol. The summed E-state index contributed by atoms with van der Waals surface area (Å²) in [5.41, 5.74) is -0.0550. The van der Waals surface area contributed by atoms with Gasteiger partial charge in [-0.2, -0.15) is 13.2 Å². The summed E-state index contributed by atoms with van der Waals surface area (Å²) in [5, 5.41) is 11.4. The molecule has 0 aliphatic rings. The lowest BCUT2D eigenvalue weighted by Gasteiger charge is -2.11. The van der Waals surface area contributed by atoms with Crippen molar-refractivity contribution in [2.24, 2.45) is 0 Å². The molecule has 0 aliphatic heterocycles. The van der Waals surface area contributed by atoms with Crippen LogP contribution in [0.1, 0.15) is 10.4 Å². The lowest BCUT2D eigenvalue weighted by molar-refractivity contribution is -0.123. The van der Waals surface area contributed by atoms with E-state index in [1.807, 2.05) is 0 Å². The molecule has 2 aromatic carbocycles. The number of alkyl halides is 3. The Morgan fingerprint density at radius 2 is 1.78 bits per heavy atom. The van der Waals surface area contributed by atoms with Crippen LogP contribution in [0.2, 0.25) is 0 Å². The van der Waals surface area contributed by atoms with Gasteiger partial charge in [0.05, 0.1) is 17.7 Å². The first kappa shape index (κ1) is 20.4. The SMILES string of the molecule is COc1ccc(NS(=O)(=O)c2ccc(C(=O)NCC(F)(F)F)cc2)cc1O. The molecule has 7 nitrogen and oxygen atoms in total. The van der Waals surface area contributed by atoms with Crippen LogP contribution in [-0.4, -0.2) is 39.3 Å². The molecule has 3 N–H and O–H groups in total. The van der Waals surface area contributed by atoms with Crippen LogP contribution in [0.5, 0.6) is 11.5 Å². The molecule has 0 aromatic heterocycles. The molecule has 11 heteroatoms. The molecule has 27 heavy (non-hydrogen) atoms. The number of hydrogen-bond acceptors (Lipinski definition) is 5. The topological polar surface area (TPSA) is 105 Å². The molecule has 2 aromatic rings. The van der Waals surface area contributed by atoms with Gasteiger partial charge < -0.3 is 15.2 Å². The Bertz CT molecular complexity index is 928. The number of carbonyl (C=O) groups excluding carboxylic acids is 1. The summed E-state index contributed by atoms with van der Waals surface area (Å²) in [6.07, 6.45) is -4.55. The average molecular weight is 404 g/mol. The first-order valence-corrected chi connectivity index (χ1v) is 8.85. The first-order valence-electron chi connectivity index (χ1n) is 7.37. The van der Waals surface area contributed by atoms with Gasteiger partial charge in [-0.1, -0.05) is 0 Å². The fourth-order valence-corrected chi connectivity index (χ4v) is 3.09. The maximum Gasteiger partial charge on any atom is 0.405 e. The fourth-order valence-electron chi connectivity index (χ4n) is 2.04. The summed E-state index contributed by atoms with van der Waals surface area (Å²) < 4.78 is 68.1. The van der Waals surface area contributed by atoms with Crippen LogP contribution in [0.4, 0.5) is 18.9 Å². The molecule has 1 amide bonds. The van der Waals surface area contributed by atoms with E-state index in [1.165, 1.54) is 19.2 Å². The second-order valence-electron chi connectivity index (χ2n) is 5.31. The number of rotatable bonds is 6. The van der Waals surface area contributed by atoms with Gasteiger partial charge in [-0.05, 0) is 36.4 Å². The van der Waals surface area contributed by atoms with Crippen molar-refractivity contribution in [3.8, 4) is 11.5 Å². The third-order valence-corrected chi connectivity index (χ3v) is 4.70. The Labute approximate surface area is 152 Å². The number of phenols is 1. The van der Waals surface area contributed by atoms with Crippen LogP contribution in [0, 0.1) is 0 Å². The number of aromatic hydroxyl groups is 1. The maximum absolute atomic E-state index is 12.3. The van der Waals surface area contributed by atoms with E-state index in [9.17, 15) is 31.5 Å². The lowest BCUT2D eigenvalue weighted by atomic mass is 10.2. The molecule has 0 saturated heterocycles. The highest BCUT2D eigenvalue weighted by molar-refractivity contribution is 7.92. The molecule has 0 radical (unpaired) electrons. The van der Waals surface area contributed by atoms with Crippen molar-refractivity contribution in [1.29, 1.82) is 0 Å². The van der Waals surface area contributed by atoms with Crippen molar-refractivity contribution in [3.63, 3.8) is 0 Å². The van der Waals surface area contributed by atoms with Gasteiger partial charge in [0.2, 0.25) is 0 Å². The molecular weight excluding hydrogens is 389 g/mol. The lowest BCUT2D eigenvalue weighted by Crippen LogP contribution is -2.33. The van der Waals surface area contributed by atoms with Crippen molar-refractivity contribution in [2.45, 2.75) is 11.1 Å². The van der Waals surface area contributed by atoms with E-state index in [0.717, 1.165) is 30.3 Å². The molecular formula is C16H15F3N2O5S. The van der Waals surface area contributed by atoms with Crippen LogP contribution in [0.3, 0.4) is 0 Å². The predicted molar refractivity (Wildman–Crippen MR) is 90.3 cm³/mol. The van der Waals surface area contributed by atoms with Crippen molar-refractivity contribution in [2.75, 3.05) is 18.4 Å². The number of hydrogen-bond donors (Lipinski definition) is 3. The summed E-state index contributed by atoms with van der Waals surface area (Å²) in [6.45, 7) is -1.49. The van der Waals surface area contributed by atoms with E-state index in [-0.39, 0.29) is 27.6 Å². The minimum Gasteiger partial charge on any atom is -0.504 e. The van der Waals surface area contributed by atoms with E-state index in [4.69, 9.17) is 4.74 Å². The minimum atomic E-state index is -4.55. The van der Waals surface area contributed by atoms with Gasteiger partial charge >= 0.3 is 6.18 Å². The Kier molecular flexibility index (Phi) is 5.84. The quantitative estimate of drug-likeness (QED) is 0.686. The second kappa shape index (κ2) is 7.74. The zero-order valence-electron chi connectivity index (χ0n) is 13.9. The highest BCUT2D eigenvalue weighted by atomic mass is 32.2. The van der Waals surface area contributed by atoms with Crippen molar-refractivity contribution in [3.05, 3.63) is 48.0 Å². The van der Waals surface area contributed by atoms with E-state index >= 15 is 0 Å². The number of ether oxygens (including phenoxy) is 1. The van der Waals surface area contributed by atoms with Gasteiger partial charge in [0.1, 0.15) is 6.54 Å². The van der Waals surface area contributed by atoms with Crippen LogP contribution in [0.25, 0.3) is 0 Å². The fraction of sp³-hybridized carbons (Fsp3) is 0.188. The van der Waals surface area contributed by atoms with Gasteiger partial charge in [-0.3, -0.25) is 9.52 Å². The first-order chi connectivity index (χ1) is 12.5. The van der Waals surface area contributed by atoms with Crippen molar-refractivity contribution >= 4 is 21.6 Å². The Balaban J connectivity index is 2.13. The molecule has 0 atom stereocenters. The van der Waals surface area contributed by atoms with Crippen LogP contribution < -0.4 is 14.8 Å². The largest absolute Gasteiger partial charge is 0.504 e. The van der Waals surface area contributed by atoms with Gasteiger partial charge in [0, 0.05) is 11.6 Å². The molecule has 0 saturated carbocycles. The summed E-state index contributed by atoms with van der Waals surface area (Å²) in [7, 11) is -2.70. The standard InChI is InChI=1S/C16H15F3N2O5S/c1-26-14-7-4-11(8-13(14)22)21-27(24,25)12-5-2-10(3-6-12)15(23)20-9-16(17,18)19/h2-8,21-22H,9H2,1H3,(H,20,23). The summed E-state index contributed by atoms with van der Waals surface area (Å²) in [6, 6.07) is 8.21. The minimum absolute atomic E-state index is 0.0697. The van der Waals surface area contributed by atoms with Crippen LogP contribution in [0.15, 0.2) is 47.4 Å². The van der Waals surface area contributed by atoms with Gasteiger partial charge in [-0.25, -0.2) is 8.42 Å². The zero-order valence-corrected chi connectivity index (χ0v) is 14.7. The number of nitrogens with one attached hydrogen (secondary N) is 2. The number of anilines is 1. The number of amides is 1. The molecule has 0 fully saturated rings. The van der Waals surface area contributed by atoms with Gasteiger partial charge in [-0.15, -0.1) is 0 Å². The van der Waals surface area contributed by atoms with Gasteiger partial charge in [0.15, 0.2) is 11.5 Å². The highest BCUT2D eigenvalue weighted by Crippen LogP contribution is 2.29. The van der Waals surface area contributed by atoms with Crippen LogP contribution >= 0.6 is 0 Å². The molecule has 2 rings (SSSR count). The Hall–Kier alpha value is -2.95. The number of benzene rings is 2. The molecule has 0 bridgehead atoms. The number of sulfonamides is 1. The smallest absolute Gasteiger partial charge is 0.405 e. The third-order valence-electron chi connectivity index (χ3n) is 3.31.